The van der Waals surface area contributed by atoms with Crippen molar-refractivity contribution in [2.24, 2.45) is 5.73 Å². The summed E-state index contributed by atoms with van der Waals surface area (Å²) in [7, 11) is 0. The van der Waals surface area contributed by atoms with Crippen LogP contribution in [0.4, 0.5) is 30.7 Å². The Morgan fingerprint density at radius 2 is 1.70 bits per heavy atom. The summed E-state index contributed by atoms with van der Waals surface area (Å²) in [5.74, 6) is -5.01. The van der Waals surface area contributed by atoms with Crippen LogP contribution in [0, 0.1) is 5.82 Å². The first-order chi connectivity index (χ1) is 18.6. The zero-order chi connectivity index (χ0) is 29.9. The highest BCUT2D eigenvalue weighted by Gasteiger charge is 2.57. The van der Waals surface area contributed by atoms with E-state index in [1.807, 2.05) is 0 Å². The monoisotopic (exact) mass is 575 g/mol. The number of nitrogens with zero attached hydrogens (tertiary/aromatic N) is 3. The third-order valence-corrected chi connectivity index (χ3v) is 5.36. The number of amides is 2. The number of pyridine rings is 1. The van der Waals surface area contributed by atoms with Crippen LogP contribution in [0.3, 0.4) is 0 Å². The SMILES string of the molecule is CCOc1c(CC(N)=O)cc([C@@](O)(CNC(=O)c2ccnc(C(F)(F)F)n2)C(F)(F)F)nc1-c1ccc(F)cc1. The highest BCUT2D eigenvalue weighted by Crippen LogP contribution is 2.42. The van der Waals surface area contributed by atoms with Crippen molar-refractivity contribution in [3.63, 3.8) is 0 Å². The summed E-state index contributed by atoms with van der Waals surface area (Å²) in [6, 6.07) is 5.74. The van der Waals surface area contributed by atoms with Gasteiger partial charge in [0.05, 0.1) is 25.3 Å². The van der Waals surface area contributed by atoms with E-state index in [9.17, 15) is 45.4 Å². The van der Waals surface area contributed by atoms with E-state index in [0.29, 0.717) is 12.3 Å². The lowest BCUT2D eigenvalue weighted by Gasteiger charge is -2.31. The molecule has 3 aromatic rings. The number of nitrogens with one attached hydrogen (secondary N) is 1. The standard InChI is InChI=1S/C24H20F7N5O4/c1-2-40-19-13(10-17(32)37)9-16(36-18(19)12-3-5-14(25)6-4-12)22(39,24(29,30)31)11-34-20(38)15-7-8-33-21(35-15)23(26,27)28/h3-9,39H,2,10-11H2,1H3,(H2,32,37)(H,34,38)/t22-/m0/s1. The van der Waals surface area contributed by atoms with Gasteiger partial charge in [0.25, 0.3) is 5.91 Å². The smallest absolute Gasteiger partial charge is 0.451 e. The number of alkyl halides is 6. The Bertz CT molecular complexity index is 1400. The van der Waals surface area contributed by atoms with Crippen molar-refractivity contribution >= 4 is 11.8 Å². The highest BCUT2D eigenvalue weighted by atomic mass is 19.4. The molecule has 2 heterocycles. The number of ether oxygens (including phenoxy) is 1. The van der Waals surface area contributed by atoms with Crippen LogP contribution in [0.1, 0.15) is 34.5 Å². The van der Waals surface area contributed by atoms with Gasteiger partial charge in [-0.2, -0.15) is 26.3 Å². The first kappa shape index (κ1) is 30.2. The Morgan fingerprint density at radius 3 is 2.25 bits per heavy atom. The second-order valence-electron chi connectivity index (χ2n) is 8.23. The lowest BCUT2D eigenvalue weighted by Crippen LogP contribution is -2.51. The van der Waals surface area contributed by atoms with Gasteiger partial charge in [0.1, 0.15) is 23.0 Å². The van der Waals surface area contributed by atoms with Crippen molar-refractivity contribution in [3.8, 4) is 17.0 Å². The second-order valence-corrected chi connectivity index (χ2v) is 8.23. The molecule has 0 spiro atoms. The van der Waals surface area contributed by atoms with Gasteiger partial charge in [-0.3, -0.25) is 9.59 Å². The zero-order valence-corrected chi connectivity index (χ0v) is 20.4. The van der Waals surface area contributed by atoms with Crippen molar-refractivity contribution in [1.82, 2.24) is 20.3 Å². The fourth-order valence-electron chi connectivity index (χ4n) is 3.48. The number of primary amides is 1. The molecule has 214 valence electrons. The summed E-state index contributed by atoms with van der Waals surface area (Å²) in [5, 5.41) is 12.6. The maximum atomic E-state index is 14.3. The summed E-state index contributed by atoms with van der Waals surface area (Å²) >= 11 is 0. The Morgan fingerprint density at radius 1 is 1.05 bits per heavy atom. The molecule has 9 nitrogen and oxygen atoms in total. The Hall–Kier alpha value is -4.34. The van der Waals surface area contributed by atoms with Gasteiger partial charge < -0.3 is 20.9 Å². The molecule has 3 rings (SSSR count). The predicted molar refractivity (Wildman–Crippen MR) is 123 cm³/mol. The molecule has 1 aromatic carbocycles. The van der Waals surface area contributed by atoms with E-state index in [1.165, 1.54) is 19.1 Å². The minimum atomic E-state index is -5.52. The first-order valence-corrected chi connectivity index (χ1v) is 11.3. The number of hydrogen-bond acceptors (Lipinski definition) is 7. The maximum Gasteiger partial charge on any atom is 0.451 e. The molecule has 0 aliphatic rings. The molecule has 0 aliphatic carbocycles. The molecule has 2 amide bonds. The number of rotatable bonds is 9. The summed E-state index contributed by atoms with van der Waals surface area (Å²) in [6.45, 7) is -0.116. The Balaban J connectivity index is 2.12. The summed E-state index contributed by atoms with van der Waals surface area (Å²) < 4.78 is 101. The molecule has 0 bridgehead atoms. The number of halogens is 7. The van der Waals surface area contributed by atoms with Crippen molar-refractivity contribution in [1.29, 1.82) is 0 Å². The second kappa shape index (κ2) is 11.4. The molecular weight excluding hydrogens is 555 g/mol. The molecule has 0 unspecified atom stereocenters. The molecule has 0 saturated carbocycles. The predicted octanol–water partition coefficient (Wildman–Crippen LogP) is 3.30. The van der Waals surface area contributed by atoms with Crippen LogP contribution in [0.15, 0.2) is 42.6 Å². The Kier molecular flexibility index (Phi) is 8.62. The summed E-state index contributed by atoms with van der Waals surface area (Å²) in [5.41, 5.74) is -1.19. The molecule has 0 saturated heterocycles. The third-order valence-electron chi connectivity index (χ3n) is 5.36. The normalized spacial score (nSPS) is 13.4. The quantitative estimate of drug-likeness (QED) is 0.333. The van der Waals surface area contributed by atoms with E-state index < -0.39 is 65.8 Å². The van der Waals surface area contributed by atoms with E-state index in [1.54, 1.807) is 5.32 Å². The van der Waals surface area contributed by atoms with E-state index in [2.05, 4.69) is 15.0 Å². The van der Waals surface area contributed by atoms with Crippen molar-refractivity contribution < 1.29 is 50.2 Å². The van der Waals surface area contributed by atoms with E-state index in [-0.39, 0.29) is 29.2 Å². The van der Waals surface area contributed by atoms with Crippen molar-refractivity contribution in [3.05, 3.63) is 71.2 Å². The number of hydrogen-bond donors (Lipinski definition) is 3. The average molecular weight is 575 g/mol. The molecule has 0 fully saturated rings. The maximum absolute atomic E-state index is 14.3. The van der Waals surface area contributed by atoms with Crippen LogP contribution in [0.2, 0.25) is 0 Å². The Labute approximate surface area is 221 Å². The van der Waals surface area contributed by atoms with Crippen molar-refractivity contribution in [2.75, 3.05) is 13.2 Å². The number of carbonyl (C=O) groups is 2. The number of carbonyl (C=O) groups excluding carboxylic acids is 2. The minimum absolute atomic E-state index is 0.0283. The zero-order valence-electron chi connectivity index (χ0n) is 20.4. The van der Waals surface area contributed by atoms with Crippen LogP contribution < -0.4 is 15.8 Å². The molecule has 0 radical (unpaired) electrons. The number of aromatic nitrogens is 3. The lowest BCUT2D eigenvalue weighted by atomic mass is 9.93. The van der Waals surface area contributed by atoms with E-state index in [0.717, 1.165) is 18.2 Å². The number of aliphatic hydroxyl groups is 1. The van der Waals surface area contributed by atoms with Crippen LogP contribution >= 0.6 is 0 Å². The van der Waals surface area contributed by atoms with Crippen LogP contribution in [-0.2, 0) is 23.0 Å². The van der Waals surface area contributed by atoms with Gasteiger partial charge in [0.15, 0.2) is 0 Å². The van der Waals surface area contributed by atoms with Crippen LogP contribution in [0.5, 0.6) is 5.75 Å². The van der Waals surface area contributed by atoms with E-state index in [4.69, 9.17) is 10.5 Å². The summed E-state index contributed by atoms with van der Waals surface area (Å²) in [4.78, 5) is 34.0. The molecule has 40 heavy (non-hydrogen) atoms. The lowest BCUT2D eigenvalue weighted by molar-refractivity contribution is -0.265. The molecule has 0 aliphatic heterocycles. The number of nitrogens with two attached hydrogens (primary N) is 1. The molecule has 4 N–H and O–H groups in total. The van der Waals surface area contributed by atoms with E-state index >= 15 is 0 Å². The fourth-order valence-corrected chi connectivity index (χ4v) is 3.48. The van der Waals surface area contributed by atoms with Gasteiger partial charge in [-0.25, -0.2) is 19.3 Å². The molecule has 2 aromatic heterocycles. The van der Waals surface area contributed by atoms with Crippen molar-refractivity contribution in [2.45, 2.75) is 31.3 Å². The molecular formula is C24H20F7N5O4. The summed E-state index contributed by atoms with van der Waals surface area (Å²) in [6.07, 6.45) is -10.6. The van der Waals surface area contributed by atoms with Crippen LogP contribution in [-0.4, -0.2) is 51.2 Å². The largest absolute Gasteiger partial charge is 0.491 e. The third kappa shape index (κ3) is 6.62. The van der Waals surface area contributed by atoms with Crippen LogP contribution in [0.25, 0.3) is 11.3 Å². The minimum Gasteiger partial charge on any atom is -0.491 e. The first-order valence-electron chi connectivity index (χ1n) is 11.3. The fraction of sp³-hybridized carbons (Fsp3) is 0.292. The number of benzene rings is 1. The average Bonchev–Trinajstić information content (AvgIpc) is 2.87. The molecule has 16 heteroatoms. The molecule has 1 atom stereocenters. The van der Waals surface area contributed by atoms with Gasteiger partial charge in [-0.05, 0) is 43.3 Å². The topological polar surface area (TPSA) is 140 Å². The van der Waals surface area contributed by atoms with Gasteiger partial charge in [-0.15, -0.1) is 0 Å². The van der Waals surface area contributed by atoms with Gasteiger partial charge >= 0.3 is 12.4 Å². The van der Waals surface area contributed by atoms with Gasteiger partial charge in [0, 0.05) is 17.3 Å². The van der Waals surface area contributed by atoms with Gasteiger partial charge in [-0.1, -0.05) is 0 Å². The highest BCUT2D eigenvalue weighted by molar-refractivity contribution is 5.92. The van der Waals surface area contributed by atoms with Gasteiger partial charge in [0.2, 0.25) is 17.3 Å².